The molecule has 2 nitrogen and oxygen atoms in total. The smallest absolute Gasteiger partial charge is 0.0681 e. The maximum absolute atomic E-state index is 9.14. The quantitative estimate of drug-likeness (QED) is 0.875. The number of aliphatic hydroxyl groups excluding tert-OH is 1. The minimum Gasteiger partial charge on any atom is -0.392 e. The molecule has 0 amide bonds. The van der Waals surface area contributed by atoms with E-state index in [9.17, 15) is 0 Å². The molecule has 0 saturated carbocycles. The summed E-state index contributed by atoms with van der Waals surface area (Å²) in [4.78, 5) is 0. The highest BCUT2D eigenvalue weighted by Crippen LogP contribution is 2.22. The van der Waals surface area contributed by atoms with Crippen molar-refractivity contribution in [2.45, 2.75) is 45.9 Å². The molecule has 112 valence electrons. The highest BCUT2D eigenvalue weighted by molar-refractivity contribution is 5.27. The third-order valence-electron chi connectivity index (χ3n) is 3.65. The Morgan fingerprint density at radius 3 is 2.10 bits per heavy atom. The van der Waals surface area contributed by atoms with Crippen molar-refractivity contribution in [3.8, 4) is 0 Å². The van der Waals surface area contributed by atoms with Crippen molar-refractivity contribution in [1.82, 2.24) is 5.32 Å². The van der Waals surface area contributed by atoms with Gasteiger partial charge in [0.05, 0.1) is 6.61 Å². The van der Waals surface area contributed by atoms with E-state index in [2.05, 4.69) is 56.4 Å². The summed E-state index contributed by atoms with van der Waals surface area (Å²) in [6.07, 6.45) is 0. The lowest BCUT2D eigenvalue weighted by atomic mass is 9.87. The molecule has 0 heterocycles. The van der Waals surface area contributed by atoms with Crippen LogP contribution in [-0.2, 0) is 25.1 Å². The Labute approximate surface area is 127 Å². The first kappa shape index (κ1) is 15.7. The molecule has 2 heteroatoms. The summed E-state index contributed by atoms with van der Waals surface area (Å²) in [5.74, 6) is 0. The Morgan fingerprint density at radius 2 is 1.48 bits per heavy atom. The fourth-order valence-electron chi connectivity index (χ4n) is 2.31. The second-order valence-electron chi connectivity index (χ2n) is 6.53. The van der Waals surface area contributed by atoms with Crippen LogP contribution in [0.1, 0.15) is 43.0 Å². The van der Waals surface area contributed by atoms with Gasteiger partial charge in [-0.05, 0) is 27.7 Å². The van der Waals surface area contributed by atoms with Crippen molar-refractivity contribution >= 4 is 0 Å². The number of aliphatic hydroxyl groups is 1. The van der Waals surface area contributed by atoms with Crippen molar-refractivity contribution in [2.24, 2.45) is 0 Å². The SMILES string of the molecule is CC(C)(C)c1ccc(CNCc2cccc(CO)c2)cc1. The molecule has 2 aromatic rings. The molecule has 0 atom stereocenters. The molecule has 2 N–H and O–H groups in total. The van der Waals surface area contributed by atoms with E-state index in [4.69, 9.17) is 5.11 Å². The lowest BCUT2D eigenvalue weighted by Gasteiger charge is -2.19. The average Bonchev–Trinajstić information content (AvgIpc) is 2.47. The molecule has 2 rings (SSSR count). The van der Waals surface area contributed by atoms with Crippen molar-refractivity contribution in [3.05, 3.63) is 70.8 Å². The maximum atomic E-state index is 9.14. The molecule has 0 aliphatic heterocycles. The van der Waals surface area contributed by atoms with E-state index < -0.39 is 0 Å². The number of rotatable bonds is 5. The monoisotopic (exact) mass is 283 g/mol. The van der Waals surface area contributed by atoms with Crippen LogP contribution in [0.15, 0.2) is 48.5 Å². The van der Waals surface area contributed by atoms with Gasteiger partial charge >= 0.3 is 0 Å². The number of nitrogens with one attached hydrogen (secondary N) is 1. The summed E-state index contributed by atoms with van der Waals surface area (Å²) in [6.45, 7) is 8.46. The highest BCUT2D eigenvalue weighted by Gasteiger charge is 2.12. The summed E-state index contributed by atoms with van der Waals surface area (Å²) in [5, 5.41) is 12.6. The Balaban J connectivity index is 1.88. The van der Waals surface area contributed by atoms with Gasteiger partial charge in [0.25, 0.3) is 0 Å². The third-order valence-corrected chi connectivity index (χ3v) is 3.65. The molecule has 0 fully saturated rings. The largest absolute Gasteiger partial charge is 0.392 e. The number of hydrogen-bond acceptors (Lipinski definition) is 2. The number of hydrogen-bond donors (Lipinski definition) is 2. The van der Waals surface area contributed by atoms with Crippen LogP contribution in [0.3, 0.4) is 0 Å². The van der Waals surface area contributed by atoms with Crippen LogP contribution in [0.5, 0.6) is 0 Å². The van der Waals surface area contributed by atoms with Gasteiger partial charge in [0.1, 0.15) is 0 Å². The van der Waals surface area contributed by atoms with Gasteiger partial charge in [-0.15, -0.1) is 0 Å². The van der Waals surface area contributed by atoms with Crippen LogP contribution in [0.25, 0.3) is 0 Å². The first-order valence-electron chi connectivity index (χ1n) is 7.48. The van der Waals surface area contributed by atoms with E-state index in [0.29, 0.717) is 0 Å². The summed E-state index contributed by atoms with van der Waals surface area (Å²) in [5.41, 5.74) is 5.02. The zero-order valence-electron chi connectivity index (χ0n) is 13.2. The van der Waals surface area contributed by atoms with Crippen LogP contribution in [0.2, 0.25) is 0 Å². The van der Waals surface area contributed by atoms with Crippen LogP contribution in [0, 0.1) is 0 Å². The van der Waals surface area contributed by atoms with Gasteiger partial charge in [-0.3, -0.25) is 0 Å². The van der Waals surface area contributed by atoms with Gasteiger partial charge in [-0.2, -0.15) is 0 Å². The predicted octanol–water partition coefficient (Wildman–Crippen LogP) is 3.77. The molecule has 0 unspecified atom stereocenters. The van der Waals surface area contributed by atoms with Crippen LogP contribution >= 0.6 is 0 Å². The van der Waals surface area contributed by atoms with Crippen molar-refractivity contribution in [1.29, 1.82) is 0 Å². The lowest BCUT2D eigenvalue weighted by molar-refractivity contribution is 0.281. The summed E-state index contributed by atoms with van der Waals surface area (Å²) in [7, 11) is 0. The normalized spacial score (nSPS) is 11.6. The molecule has 21 heavy (non-hydrogen) atoms. The molecule has 0 spiro atoms. The van der Waals surface area contributed by atoms with Crippen LogP contribution in [0.4, 0.5) is 0 Å². The Hall–Kier alpha value is -1.64. The molecular weight excluding hydrogens is 258 g/mol. The average molecular weight is 283 g/mol. The fraction of sp³-hybridized carbons (Fsp3) is 0.368. The van der Waals surface area contributed by atoms with E-state index in [0.717, 1.165) is 18.7 Å². The van der Waals surface area contributed by atoms with Gasteiger partial charge in [0.2, 0.25) is 0 Å². The topological polar surface area (TPSA) is 32.3 Å². The molecule has 0 radical (unpaired) electrons. The van der Waals surface area contributed by atoms with Gasteiger partial charge < -0.3 is 10.4 Å². The first-order valence-corrected chi connectivity index (χ1v) is 7.48. The molecule has 2 aromatic carbocycles. The number of benzene rings is 2. The van der Waals surface area contributed by atoms with Gasteiger partial charge in [-0.1, -0.05) is 69.3 Å². The Kier molecular flexibility index (Phi) is 5.16. The van der Waals surface area contributed by atoms with E-state index in [-0.39, 0.29) is 12.0 Å². The summed E-state index contributed by atoms with van der Waals surface area (Å²) in [6, 6.07) is 16.8. The lowest BCUT2D eigenvalue weighted by Crippen LogP contribution is -2.14. The fourth-order valence-corrected chi connectivity index (χ4v) is 2.31. The van der Waals surface area contributed by atoms with Gasteiger partial charge in [-0.25, -0.2) is 0 Å². The van der Waals surface area contributed by atoms with E-state index >= 15 is 0 Å². The molecule has 0 aliphatic rings. The minimum absolute atomic E-state index is 0.0993. The Bertz CT molecular complexity index is 567. The maximum Gasteiger partial charge on any atom is 0.0681 e. The summed E-state index contributed by atoms with van der Waals surface area (Å²) < 4.78 is 0. The van der Waals surface area contributed by atoms with Crippen molar-refractivity contribution < 1.29 is 5.11 Å². The molecule has 0 saturated heterocycles. The Morgan fingerprint density at radius 1 is 0.857 bits per heavy atom. The van der Waals surface area contributed by atoms with E-state index in [1.54, 1.807) is 0 Å². The minimum atomic E-state index is 0.0993. The zero-order valence-corrected chi connectivity index (χ0v) is 13.2. The highest BCUT2D eigenvalue weighted by atomic mass is 16.3. The molecule has 0 aromatic heterocycles. The molecule has 0 bridgehead atoms. The standard InChI is InChI=1S/C19H25NO/c1-19(2,3)18-9-7-15(8-10-18)12-20-13-16-5-4-6-17(11-16)14-21/h4-11,20-21H,12-14H2,1-3H3. The predicted molar refractivity (Wildman–Crippen MR) is 88.1 cm³/mol. The summed E-state index contributed by atoms with van der Waals surface area (Å²) >= 11 is 0. The second-order valence-corrected chi connectivity index (χ2v) is 6.53. The van der Waals surface area contributed by atoms with Gasteiger partial charge in [0.15, 0.2) is 0 Å². The van der Waals surface area contributed by atoms with Crippen molar-refractivity contribution in [2.75, 3.05) is 0 Å². The van der Waals surface area contributed by atoms with Crippen molar-refractivity contribution in [3.63, 3.8) is 0 Å². The van der Waals surface area contributed by atoms with Crippen LogP contribution < -0.4 is 5.32 Å². The van der Waals surface area contributed by atoms with E-state index in [1.165, 1.54) is 16.7 Å². The first-order chi connectivity index (χ1) is 9.99. The van der Waals surface area contributed by atoms with Gasteiger partial charge in [0, 0.05) is 13.1 Å². The second kappa shape index (κ2) is 6.88. The zero-order chi connectivity index (χ0) is 15.3. The molecule has 0 aliphatic carbocycles. The van der Waals surface area contributed by atoms with E-state index in [1.807, 2.05) is 18.2 Å². The van der Waals surface area contributed by atoms with Crippen LogP contribution in [-0.4, -0.2) is 5.11 Å². The molecular formula is C19H25NO. The third kappa shape index (κ3) is 4.69.